The van der Waals surface area contributed by atoms with Crippen molar-refractivity contribution in [3.8, 4) is 5.75 Å². The molecule has 31 heavy (non-hydrogen) atoms. The van der Waals surface area contributed by atoms with Crippen LogP contribution in [-0.4, -0.2) is 38.0 Å². The number of non-ortho nitro benzene ring substituents is 1. The maximum atomic E-state index is 12.2. The van der Waals surface area contributed by atoms with Crippen LogP contribution in [0.3, 0.4) is 0 Å². The molecule has 0 aromatic heterocycles. The Labute approximate surface area is 183 Å². The number of nitro groups is 1. The number of amides is 2. The van der Waals surface area contributed by atoms with Crippen molar-refractivity contribution in [3.05, 3.63) is 62.7 Å². The predicted molar refractivity (Wildman–Crippen MR) is 113 cm³/mol. The number of ether oxygens (including phenoxy) is 1. The summed E-state index contributed by atoms with van der Waals surface area (Å²) in [7, 11) is -3.78. The Morgan fingerprint density at radius 3 is 2.48 bits per heavy atom. The molecule has 0 aliphatic carbocycles. The Morgan fingerprint density at radius 1 is 1.16 bits per heavy atom. The smallest absolute Gasteiger partial charge is 0.271 e. The lowest BCUT2D eigenvalue weighted by molar-refractivity contribution is -0.385. The number of hydrogen-bond donors (Lipinski definition) is 2. The van der Waals surface area contributed by atoms with Crippen LogP contribution in [0, 0.1) is 17.0 Å². The van der Waals surface area contributed by atoms with Crippen LogP contribution in [0.2, 0.25) is 5.02 Å². The summed E-state index contributed by atoms with van der Waals surface area (Å²) < 4.78 is 29.0. The van der Waals surface area contributed by atoms with Gasteiger partial charge in [0.1, 0.15) is 5.75 Å². The van der Waals surface area contributed by atoms with Gasteiger partial charge in [-0.2, -0.15) is 0 Å². The third-order valence-corrected chi connectivity index (χ3v) is 5.38. The van der Waals surface area contributed by atoms with Crippen molar-refractivity contribution < 1.29 is 27.7 Å². The van der Waals surface area contributed by atoms with E-state index in [1.165, 1.54) is 0 Å². The molecular formula is C19H20ClN3O7S. The second-order valence-electron chi connectivity index (χ2n) is 6.61. The molecule has 0 atom stereocenters. The zero-order valence-electron chi connectivity index (χ0n) is 16.7. The zero-order chi connectivity index (χ0) is 23.2. The van der Waals surface area contributed by atoms with E-state index >= 15 is 0 Å². The van der Waals surface area contributed by atoms with Crippen LogP contribution in [0.1, 0.15) is 28.8 Å². The quantitative estimate of drug-likeness (QED) is 0.343. The lowest BCUT2D eigenvalue weighted by Gasteiger charge is -2.10. The topological polar surface area (TPSA) is 145 Å². The van der Waals surface area contributed by atoms with E-state index in [2.05, 4.69) is 10.9 Å². The van der Waals surface area contributed by atoms with Crippen LogP contribution < -0.4 is 15.6 Å². The summed E-state index contributed by atoms with van der Waals surface area (Å²) in [6.07, 6.45) is 1.26. The van der Waals surface area contributed by atoms with Crippen molar-refractivity contribution in [1.29, 1.82) is 0 Å². The Hall–Kier alpha value is -3.18. The molecule has 2 N–H and O–H groups in total. The number of hydrazine groups is 1. The van der Waals surface area contributed by atoms with Crippen LogP contribution in [0.5, 0.6) is 5.75 Å². The molecule has 0 saturated carbocycles. The number of benzene rings is 2. The van der Waals surface area contributed by atoms with E-state index < -0.39 is 32.3 Å². The Bertz CT molecular complexity index is 1120. The number of hydrogen-bond acceptors (Lipinski definition) is 7. The van der Waals surface area contributed by atoms with Crippen LogP contribution in [0.15, 0.2) is 41.3 Å². The van der Waals surface area contributed by atoms with Gasteiger partial charge < -0.3 is 4.74 Å². The Balaban J connectivity index is 1.88. The van der Waals surface area contributed by atoms with Gasteiger partial charge >= 0.3 is 0 Å². The first kappa shape index (κ1) is 24.1. The largest absolute Gasteiger partial charge is 0.493 e. The minimum Gasteiger partial charge on any atom is -0.493 e. The summed E-state index contributed by atoms with van der Waals surface area (Å²) in [5.41, 5.74) is 4.29. The molecule has 0 saturated heterocycles. The lowest BCUT2D eigenvalue weighted by Crippen LogP contribution is -2.41. The molecule has 2 amide bonds. The van der Waals surface area contributed by atoms with Gasteiger partial charge in [0.2, 0.25) is 5.91 Å². The minimum absolute atomic E-state index is 0.0381. The molecule has 10 nitrogen and oxygen atoms in total. The van der Waals surface area contributed by atoms with Crippen LogP contribution in [-0.2, 0) is 14.6 Å². The highest BCUT2D eigenvalue weighted by Crippen LogP contribution is 2.22. The highest BCUT2D eigenvalue weighted by molar-refractivity contribution is 7.90. The van der Waals surface area contributed by atoms with Crippen molar-refractivity contribution >= 4 is 38.9 Å². The monoisotopic (exact) mass is 469 g/mol. The van der Waals surface area contributed by atoms with Gasteiger partial charge in [-0.05, 0) is 43.2 Å². The SMILES string of the molecule is Cc1cc(Cl)ccc1OCCCC(=O)NNC(=O)c1cc([N+](=O)[O-])cc(S(C)(=O)=O)c1. The molecule has 0 fully saturated rings. The van der Waals surface area contributed by atoms with Gasteiger partial charge in [-0.3, -0.25) is 30.6 Å². The van der Waals surface area contributed by atoms with Crippen molar-refractivity contribution in [3.63, 3.8) is 0 Å². The first-order chi connectivity index (χ1) is 14.5. The van der Waals surface area contributed by atoms with E-state index in [0.29, 0.717) is 17.2 Å². The molecule has 0 aliphatic heterocycles. The minimum atomic E-state index is -3.78. The van der Waals surface area contributed by atoms with E-state index in [-0.39, 0.29) is 23.5 Å². The van der Waals surface area contributed by atoms with Gasteiger partial charge in [0, 0.05) is 35.4 Å². The number of halogens is 1. The molecule has 2 aromatic carbocycles. The summed E-state index contributed by atoms with van der Waals surface area (Å²) in [5.74, 6) is -0.765. The zero-order valence-corrected chi connectivity index (χ0v) is 18.2. The fourth-order valence-electron chi connectivity index (χ4n) is 2.48. The van der Waals surface area contributed by atoms with Crippen molar-refractivity contribution in [1.82, 2.24) is 10.9 Å². The molecule has 166 valence electrons. The predicted octanol–water partition coefficient (Wildman–Crippen LogP) is 2.58. The van der Waals surface area contributed by atoms with Crippen LogP contribution in [0.4, 0.5) is 5.69 Å². The van der Waals surface area contributed by atoms with Crippen LogP contribution >= 0.6 is 11.6 Å². The maximum Gasteiger partial charge on any atom is 0.271 e. The van der Waals surface area contributed by atoms with E-state index in [1.54, 1.807) is 18.2 Å². The number of carbonyl (C=O) groups excluding carboxylic acids is 2. The molecule has 2 rings (SSSR count). The molecule has 0 spiro atoms. The molecule has 2 aromatic rings. The molecule has 0 radical (unpaired) electrons. The van der Waals surface area contributed by atoms with E-state index in [9.17, 15) is 28.1 Å². The molecule has 0 bridgehead atoms. The number of carbonyl (C=O) groups is 2. The molecular weight excluding hydrogens is 450 g/mol. The summed E-state index contributed by atoms with van der Waals surface area (Å²) >= 11 is 5.87. The van der Waals surface area contributed by atoms with Crippen LogP contribution in [0.25, 0.3) is 0 Å². The van der Waals surface area contributed by atoms with Crippen molar-refractivity contribution in [2.45, 2.75) is 24.7 Å². The van der Waals surface area contributed by atoms with E-state index in [0.717, 1.165) is 30.0 Å². The summed E-state index contributed by atoms with van der Waals surface area (Å²) in [5, 5.41) is 11.6. The highest BCUT2D eigenvalue weighted by atomic mass is 35.5. The number of rotatable bonds is 8. The van der Waals surface area contributed by atoms with Gasteiger partial charge in [0.25, 0.3) is 11.6 Å². The second-order valence-corrected chi connectivity index (χ2v) is 9.06. The third kappa shape index (κ3) is 7.23. The average Bonchev–Trinajstić information content (AvgIpc) is 2.69. The number of nitrogens with one attached hydrogen (secondary N) is 2. The first-order valence-electron chi connectivity index (χ1n) is 8.95. The first-order valence-corrected chi connectivity index (χ1v) is 11.2. The van der Waals surface area contributed by atoms with Gasteiger partial charge in [-0.15, -0.1) is 0 Å². The standard InChI is InChI=1S/C19H20ClN3O7S/c1-12-8-14(20)5-6-17(12)30-7-3-4-18(24)21-22-19(25)13-9-15(23(26)27)11-16(10-13)31(2,28)29/h5-6,8-11H,3-4,7H2,1-2H3,(H,21,24)(H,22,25). The van der Waals surface area contributed by atoms with Gasteiger partial charge in [0.15, 0.2) is 9.84 Å². The van der Waals surface area contributed by atoms with Crippen molar-refractivity contribution in [2.75, 3.05) is 12.9 Å². The molecule has 0 aliphatic rings. The highest BCUT2D eigenvalue weighted by Gasteiger charge is 2.19. The Kier molecular flexibility index (Phi) is 7.95. The summed E-state index contributed by atoms with van der Waals surface area (Å²) in [6, 6.07) is 7.93. The van der Waals surface area contributed by atoms with E-state index in [1.807, 2.05) is 6.92 Å². The molecule has 0 unspecified atom stereocenters. The molecule has 12 heteroatoms. The van der Waals surface area contributed by atoms with Gasteiger partial charge in [-0.25, -0.2) is 8.42 Å². The third-order valence-electron chi connectivity index (χ3n) is 4.05. The maximum absolute atomic E-state index is 12.2. The lowest BCUT2D eigenvalue weighted by atomic mass is 10.2. The summed E-state index contributed by atoms with van der Waals surface area (Å²) in [4.78, 5) is 33.9. The van der Waals surface area contributed by atoms with Crippen molar-refractivity contribution in [2.24, 2.45) is 0 Å². The Morgan fingerprint density at radius 2 is 1.87 bits per heavy atom. The summed E-state index contributed by atoms with van der Waals surface area (Å²) in [6.45, 7) is 2.10. The van der Waals surface area contributed by atoms with Gasteiger partial charge in [-0.1, -0.05) is 11.6 Å². The molecule has 0 heterocycles. The normalized spacial score (nSPS) is 10.9. The number of sulfone groups is 1. The fraction of sp³-hybridized carbons (Fsp3) is 0.263. The fourth-order valence-corrected chi connectivity index (χ4v) is 3.39. The average molecular weight is 470 g/mol. The number of nitrogens with zero attached hydrogens (tertiary/aromatic N) is 1. The number of aryl methyl sites for hydroxylation is 1. The second kappa shape index (κ2) is 10.2. The van der Waals surface area contributed by atoms with Gasteiger partial charge in [0.05, 0.1) is 16.4 Å². The van der Waals surface area contributed by atoms with E-state index in [4.69, 9.17) is 16.3 Å². The number of nitro benzene ring substituents is 1.